The fourth-order valence-electron chi connectivity index (χ4n) is 1.90. The monoisotopic (exact) mass is 302 g/mol. The van der Waals surface area contributed by atoms with E-state index in [2.05, 4.69) is 15.5 Å². The summed E-state index contributed by atoms with van der Waals surface area (Å²) in [7, 11) is 1.67. The lowest BCUT2D eigenvalue weighted by molar-refractivity contribution is 0.190. The molecule has 1 unspecified atom stereocenters. The van der Waals surface area contributed by atoms with Crippen LogP contribution in [0.5, 0.6) is 0 Å². The smallest absolute Gasteiger partial charge is 0.163 e. The van der Waals surface area contributed by atoms with Crippen molar-refractivity contribution in [2.45, 2.75) is 12.5 Å². The van der Waals surface area contributed by atoms with Crippen LogP contribution in [0.15, 0.2) is 36.4 Å². The molecule has 0 spiro atoms. The number of hydrogen-bond acceptors (Lipinski definition) is 5. The van der Waals surface area contributed by atoms with Crippen molar-refractivity contribution in [3.63, 3.8) is 0 Å². The van der Waals surface area contributed by atoms with Gasteiger partial charge in [-0.05, 0) is 36.2 Å². The van der Waals surface area contributed by atoms with E-state index in [9.17, 15) is 0 Å². The quantitative estimate of drug-likeness (QED) is 0.887. The van der Waals surface area contributed by atoms with E-state index in [0.29, 0.717) is 23.1 Å². The molecule has 0 bridgehead atoms. The molecular weight excluding hydrogens is 288 g/mol. The Balaban J connectivity index is 2.15. The van der Waals surface area contributed by atoms with Crippen LogP contribution >= 0.6 is 11.6 Å². The van der Waals surface area contributed by atoms with Gasteiger partial charge in [-0.25, -0.2) is 0 Å². The maximum Gasteiger partial charge on any atom is 0.163 e. The van der Waals surface area contributed by atoms with Crippen LogP contribution in [0.25, 0.3) is 0 Å². The Kier molecular flexibility index (Phi) is 5.50. The Morgan fingerprint density at radius 3 is 2.57 bits per heavy atom. The van der Waals surface area contributed by atoms with Crippen LogP contribution in [0, 0.1) is 11.3 Å². The molecule has 1 N–H and O–H groups in total. The summed E-state index contributed by atoms with van der Waals surface area (Å²) in [6, 6.07) is 13.0. The van der Waals surface area contributed by atoms with E-state index in [0.717, 1.165) is 12.0 Å². The van der Waals surface area contributed by atoms with Crippen LogP contribution in [0.2, 0.25) is 5.02 Å². The predicted molar refractivity (Wildman–Crippen MR) is 81.1 cm³/mol. The highest BCUT2D eigenvalue weighted by molar-refractivity contribution is 6.30. The van der Waals surface area contributed by atoms with Gasteiger partial charge in [0.1, 0.15) is 11.9 Å². The van der Waals surface area contributed by atoms with Crippen molar-refractivity contribution in [2.24, 2.45) is 0 Å². The van der Waals surface area contributed by atoms with Gasteiger partial charge in [0.05, 0.1) is 6.04 Å². The Morgan fingerprint density at radius 2 is 2.00 bits per heavy atom. The Bertz CT molecular complexity index is 607. The lowest BCUT2D eigenvalue weighted by atomic mass is 10.0. The molecule has 1 atom stereocenters. The number of nitrogens with one attached hydrogen (secondary N) is 1. The molecule has 6 heteroatoms. The third kappa shape index (κ3) is 4.42. The first-order valence-corrected chi connectivity index (χ1v) is 6.85. The standard InChI is InChI=1S/C15H15ClN4O/c1-21-9-8-14(11-2-4-12(16)5-3-11)18-15-7-6-13(10-17)19-20-15/h2-7,14H,8-9H2,1H3,(H,18,20). The van der Waals surface area contributed by atoms with Crippen molar-refractivity contribution in [2.75, 3.05) is 19.0 Å². The van der Waals surface area contributed by atoms with E-state index in [-0.39, 0.29) is 6.04 Å². The molecular formula is C15H15ClN4O. The van der Waals surface area contributed by atoms with Gasteiger partial charge < -0.3 is 10.1 Å². The minimum atomic E-state index is 0.0319. The molecule has 0 saturated heterocycles. The number of nitrogens with zero attached hydrogens (tertiary/aromatic N) is 3. The van der Waals surface area contributed by atoms with Gasteiger partial charge in [0.25, 0.3) is 0 Å². The third-order valence-corrected chi connectivity index (χ3v) is 3.24. The SMILES string of the molecule is COCCC(Nc1ccc(C#N)nn1)c1ccc(Cl)cc1. The number of anilines is 1. The Morgan fingerprint density at radius 1 is 1.24 bits per heavy atom. The van der Waals surface area contributed by atoms with Gasteiger partial charge in [0, 0.05) is 18.7 Å². The number of halogens is 1. The fraction of sp³-hybridized carbons (Fsp3) is 0.267. The van der Waals surface area contributed by atoms with Gasteiger partial charge in [-0.1, -0.05) is 23.7 Å². The van der Waals surface area contributed by atoms with E-state index in [1.54, 1.807) is 19.2 Å². The van der Waals surface area contributed by atoms with Crippen molar-refractivity contribution in [1.82, 2.24) is 10.2 Å². The van der Waals surface area contributed by atoms with E-state index in [1.807, 2.05) is 30.3 Å². The molecule has 0 amide bonds. The molecule has 0 saturated carbocycles. The maximum absolute atomic E-state index is 8.73. The summed E-state index contributed by atoms with van der Waals surface area (Å²) in [6.07, 6.45) is 0.778. The molecule has 2 aromatic rings. The third-order valence-electron chi connectivity index (χ3n) is 2.98. The van der Waals surface area contributed by atoms with Crippen molar-refractivity contribution >= 4 is 17.4 Å². The lowest BCUT2D eigenvalue weighted by Gasteiger charge is -2.19. The Labute approximate surface area is 128 Å². The molecule has 0 aliphatic heterocycles. The average Bonchev–Trinajstić information content (AvgIpc) is 2.53. The predicted octanol–water partition coefficient (Wildman–Crippen LogP) is 3.19. The summed E-state index contributed by atoms with van der Waals surface area (Å²) in [5.41, 5.74) is 1.38. The van der Waals surface area contributed by atoms with E-state index >= 15 is 0 Å². The zero-order chi connectivity index (χ0) is 15.1. The van der Waals surface area contributed by atoms with Crippen molar-refractivity contribution in [1.29, 1.82) is 5.26 Å². The largest absolute Gasteiger partial charge is 0.385 e. The van der Waals surface area contributed by atoms with E-state index in [1.165, 1.54) is 0 Å². The van der Waals surface area contributed by atoms with Gasteiger partial charge in [0.2, 0.25) is 0 Å². The summed E-state index contributed by atoms with van der Waals surface area (Å²) in [5, 5.41) is 20.5. The van der Waals surface area contributed by atoms with Crippen LogP contribution < -0.4 is 5.32 Å². The zero-order valence-electron chi connectivity index (χ0n) is 11.6. The number of ether oxygens (including phenoxy) is 1. The summed E-state index contributed by atoms with van der Waals surface area (Å²) < 4.78 is 5.15. The molecule has 0 radical (unpaired) electrons. The summed E-state index contributed by atoms with van der Waals surface area (Å²) in [5.74, 6) is 0.616. The van der Waals surface area contributed by atoms with Crippen LogP contribution in [0.4, 0.5) is 5.82 Å². The van der Waals surface area contributed by atoms with Gasteiger partial charge in [-0.15, -0.1) is 10.2 Å². The second-order valence-corrected chi connectivity index (χ2v) is 4.88. The normalized spacial score (nSPS) is 11.7. The van der Waals surface area contributed by atoms with Crippen LogP contribution in [-0.4, -0.2) is 23.9 Å². The van der Waals surface area contributed by atoms with Crippen molar-refractivity contribution < 1.29 is 4.74 Å². The van der Waals surface area contributed by atoms with Gasteiger partial charge in [0.15, 0.2) is 5.69 Å². The number of benzene rings is 1. The number of nitriles is 1. The van der Waals surface area contributed by atoms with Gasteiger partial charge in [-0.3, -0.25) is 0 Å². The second kappa shape index (κ2) is 7.58. The molecule has 0 aliphatic rings. The first-order chi connectivity index (χ1) is 10.2. The lowest BCUT2D eigenvalue weighted by Crippen LogP contribution is -2.14. The molecule has 1 aromatic carbocycles. The molecule has 5 nitrogen and oxygen atoms in total. The molecule has 2 rings (SSSR count). The maximum atomic E-state index is 8.73. The zero-order valence-corrected chi connectivity index (χ0v) is 12.3. The van der Waals surface area contributed by atoms with Crippen LogP contribution in [0.1, 0.15) is 23.7 Å². The summed E-state index contributed by atoms with van der Waals surface area (Å²) in [4.78, 5) is 0. The first-order valence-electron chi connectivity index (χ1n) is 6.47. The van der Waals surface area contributed by atoms with Gasteiger partial charge >= 0.3 is 0 Å². The van der Waals surface area contributed by atoms with Gasteiger partial charge in [-0.2, -0.15) is 5.26 Å². The molecule has 1 aromatic heterocycles. The number of rotatable bonds is 6. The molecule has 1 heterocycles. The highest BCUT2D eigenvalue weighted by Gasteiger charge is 2.12. The molecule has 0 aliphatic carbocycles. The van der Waals surface area contributed by atoms with Crippen LogP contribution in [0.3, 0.4) is 0 Å². The topological polar surface area (TPSA) is 70.8 Å². The van der Waals surface area contributed by atoms with E-state index in [4.69, 9.17) is 21.6 Å². The number of methoxy groups -OCH3 is 1. The number of aromatic nitrogens is 2. The molecule has 108 valence electrons. The number of hydrogen-bond donors (Lipinski definition) is 1. The first kappa shape index (κ1) is 15.2. The average molecular weight is 303 g/mol. The highest BCUT2D eigenvalue weighted by atomic mass is 35.5. The van der Waals surface area contributed by atoms with E-state index < -0.39 is 0 Å². The second-order valence-electron chi connectivity index (χ2n) is 4.45. The van der Waals surface area contributed by atoms with Crippen molar-refractivity contribution in [3.05, 3.63) is 52.7 Å². The summed E-state index contributed by atoms with van der Waals surface area (Å²) >= 11 is 5.92. The molecule has 0 fully saturated rings. The van der Waals surface area contributed by atoms with Crippen molar-refractivity contribution in [3.8, 4) is 6.07 Å². The summed E-state index contributed by atoms with van der Waals surface area (Å²) in [6.45, 7) is 0.615. The highest BCUT2D eigenvalue weighted by Crippen LogP contribution is 2.23. The minimum Gasteiger partial charge on any atom is -0.385 e. The van der Waals surface area contributed by atoms with Crippen LogP contribution in [-0.2, 0) is 4.74 Å². The Hall–Kier alpha value is -2.16. The molecule has 21 heavy (non-hydrogen) atoms. The fourth-order valence-corrected chi connectivity index (χ4v) is 2.03. The minimum absolute atomic E-state index is 0.0319.